The molecule has 0 saturated carbocycles. The molecule has 4 rings (SSSR count). The van der Waals surface area contributed by atoms with Crippen molar-refractivity contribution < 1.29 is 23.4 Å². The van der Waals surface area contributed by atoms with Crippen LogP contribution in [0, 0.1) is 0 Å². The molecule has 10 nitrogen and oxygen atoms in total. The molecule has 0 amide bonds. The molecule has 4 aromatic rings. The fraction of sp³-hybridized carbons (Fsp3) is 0.211. The Bertz CT molecular complexity index is 1380. The van der Waals surface area contributed by atoms with Crippen LogP contribution >= 0.6 is 23.2 Å². The van der Waals surface area contributed by atoms with Crippen LogP contribution in [0.2, 0.25) is 10.0 Å². The number of halogens is 5. The van der Waals surface area contributed by atoms with Gasteiger partial charge < -0.3 is 10.2 Å². The van der Waals surface area contributed by atoms with Gasteiger partial charge in [-0.3, -0.25) is 4.57 Å². The summed E-state index contributed by atoms with van der Waals surface area (Å²) in [6.07, 6.45) is -2.64. The van der Waals surface area contributed by atoms with Gasteiger partial charge in [0.05, 0.1) is 11.6 Å². The van der Waals surface area contributed by atoms with E-state index in [4.69, 9.17) is 23.2 Å². The lowest BCUT2D eigenvalue weighted by Gasteiger charge is -2.24. The third-order valence-electron chi connectivity index (χ3n) is 4.64. The highest BCUT2D eigenvalue weighted by molar-refractivity contribution is 6.32. The number of nitrogens with zero attached hydrogens (tertiary/aromatic N) is 7. The topological polar surface area (TPSA) is 124 Å². The predicted molar refractivity (Wildman–Crippen MR) is 113 cm³/mol. The Hall–Kier alpha value is -3.26. The summed E-state index contributed by atoms with van der Waals surface area (Å²) in [4.78, 5) is 21.1. The van der Waals surface area contributed by atoms with E-state index in [1.54, 1.807) is 12.1 Å². The van der Waals surface area contributed by atoms with E-state index in [-0.39, 0.29) is 29.6 Å². The summed E-state index contributed by atoms with van der Waals surface area (Å²) in [5, 5.41) is 28.0. The predicted octanol–water partition coefficient (Wildman–Crippen LogP) is 2.29. The quantitative estimate of drug-likeness (QED) is 0.377. The molecule has 0 saturated heterocycles. The van der Waals surface area contributed by atoms with Crippen molar-refractivity contribution in [2.45, 2.75) is 25.1 Å². The second-order valence-electron chi connectivity index (χ2n) is 7.09. The second-order valence-corrected chi connectivity index (χ2v) is 7.93. The summed E-state index contributed by atoms with van der Waals surface area (Å²) in [6, 6.07) is 8.94. The van der Waals surface area contributed by atoms with Crippen molar-refractivity contribution in [3.05, 3.63) is 75.3 Å². The smallest absolute Gasteiger partial charge is 0.357 e. The van der Waals surface area contributed by atoms with Crippen molar-refractivity contribution in [2.24, 2.45) is 0 Å². The zero-order chi connectivity index (χ0) is 24.7. The fourth-order valence-electron chi connectivity index (χ4n) is 2.96. The Morgan fingerprint density at radius 2 is 1.71 bits per heavy atom. The van der Waals surface area contributed by atoms with Gasteiger partial charge in [0, 0.05) is 16.8 Å². The SMILES string of the molecule is O=c1n(Cc2ncn(-c3ncccc3Cl)n2)nc(-c2ccc(Cl)cc2)n1CC(O)(O)C(F)(F)F. The number of hydrogen-bond donors (Lipinski definition) is 2. The van der Waals surface area contributed by atoms with Crippen LogP contribution in [-0.2, 0) is 13.1 Å². The van der Waals surface area contributed by atoms with Gasteiger partial charge in [0.2, 0.25) is 0 Å². The molecule has 15 heteroatoms. The first-order chi connectivity index (χ1) is 16.0. The average Bonchev–Trinajstić information content (AvgIpc) is 3.34. The van der Waals surface area contributed by atoms with Crippen molar-refractivity contribution in [1.82, 2.24) is 34.1 Å². The molecule has 0 atom stereocenters. The first-order valence-electron chi connectivity index (χ1n) is 9.43. The highest BCUT2D eigenvalue weighted by Gasteiger charge is 2.53. The molecule has 34 heavy (non-hydrogen) atoms. The zero-order valence-corrected chi connectivity index (χ0v) is 18.4. The van der Waals surface area contributed by atoms with Crippen molar-refractivity contribution in [3.8, 4) is 17.2 Å². The summed E-state index contributed by atoms with van der Waals surface area (Å²) in [5.74, 6) is -4.07. The van der Waals surface area contributed by atoms with Gasteiger partial charge in [0.25, 0.3) is 5.79 Å². The average molecular weight is 516 g/mol. The van der Waals surface area contributed by atoms with E-state index in [0.717, 1.165) is 4.68 Å². The maximum Gasteiger partial charge on any atom is 0.444 e. The van der Waals surface area contributed by atoms with Crippen LogP contribution in [0.3, 0.4) is 0 Å². The molecule has 3 heterocycles. The lowest BCUT2D eigenvalue weighted by Crippen LogP contribution is -2.50. The molecule has 0 unspecified atom stereocenters. The van der Waals surface area contributed by atoms with Crippen molar-refractivity contribution in [1.29, 1.82) is 0 Å². The number of pyridine rings is 1. The summed E-state index contributed by atoms with van der Waals surface area (Å²) in [5.41, 5.74) is -0.828. The summed E-state index contributed by atoms with van der Waals surface area (Å²) in [7, 11) is 0. The number of rotatable bonds is 6. The second kappa shape index (κ2) is 8.83. The van der Waals surface area contributed by atoms with E-state index in [1.807, 2.05) is 0 Å². The van der Waals surface area contributed by atoms with Crippen molar-refractivity contribution >= 4 is 23.2 Å². The molecule has 3 aromatic heterocycles. The Morgan fingerprint density at radius 3 is 2.35 bits per heavy atom. The van der Waals surface area contributed by atoms with Crippen LogP contribution in [-0.4, -0.2) is 56.3 Å². The molecule has 1 aromatic carbocycles. The minimum absolute atomic E-state index is 0.0752. The van der Waals surface area contributed by atoms with Gasteiger partial charge in [-0.25, -0.2) is 24.1 Å². The third kappa shape index (κ3) is 4.68. The molecule has 0 spiro atoms. The van der Waals surface area contributed by atoms with Gasteiger partial charge in [0.1, 0.15) is 12.9 Å². The molecule has 0 aliphatic heterocycles. The Balaban J connectivity index is 1.73. The maximum absolute atomic E-state index is 13.1. The normalized spacial score (nSPS) is 12.3. The van der Waals surface area contributed by atoms with Gasteiger partial charge in [0.15, 0.2) is 17.5 Å². The van der Waals surface area contributed by atoms with E-state index in [0.29, 0.717) is 14.6 Å². The standard InChI is InChI=1S/C19H14Cl2F3N7O3/c20-12-5-3-11(4-6-12)15-28-30(17(32)29(15)9-18(33,34)19(22,23)24)8-14-26-10-31(27-14)16-13(21)2-1-7-25-16/h1-7,10,33-34H,8-9H2. The Labute approximate surface area is 198 Å². The van der Waals surface area contributed by atoms with Crippen LogP contribution in [0.25, 0.3) is 17.2 Å². The maximum atomic E-state index is 13.1. The van der Waals surface area contributed by atoms with Crippen molar-refractivity contribution in [2.75, 3.05) is 0 Å². The van der Waals surface area contributed by atoms with Crippen LogP contribution in [0.4, 0.5) is 13.2 Å². The molecule has 0 aliphatic rings. The molecular weight excluding hydrogens is 502 g/mol. The van der Waals surface area contributed by atoms with Gasteiger partial charge in [-0.2, -0.15) is 13.2 Å². The molecule has 0 fully saturated rings. The fourth-order valence-corrected chi connectivity index (χ4v) is 3.30. The van der Waals surface area contributed by atoms with Crippen LogP contribution in [0.5, 0.6) is 0 Å². The van der Waals surface area contributed by atoms with E-state index in [1.165, 1.54) is 41.5 Å². The lowest BCUT2D eigenvalue weighted by molar-refractivity contribution is -0.353. The first kappa shape index (κ1) is 23.9. The number of hydrogen-bond acceptors (Lipinski definition) is 7. The number of aromatic nitrogens is 7. The number of benzene rings is 1. The van der Waals surface area contributed by atoms with Crippen LogP contribution < -0.4 is 5.69 Å². The van der Waals surface area contributed by atoms with Crippen LogP contribution in [0.1, 0.15) is 5.82 Å². The van der Waals surface area contributed by atoms with E-state index in [9.17, 15) is 28.2 Å². The third-order valence-corrected chi connectivity index (χ3v) is 5.19. The molecule has 0 aliphatic carbocycles. The molecule has 2 N–H and O–H groups in total. The van der Waals surface area contributed by atoms with E-state index >= 15 is 0 Å². The Kier molecular flexibility index (Phi) is 6.20. The van der Waals surface area contributed by atoms with Gasteiger partial charge in [-0.15, -0.1) is 10.2 Å². The van der Waals surface area contributed by atoms with Gasteiger partial charge in [-0.1, -0.05) is 23.2 Å². The molecular formula is C19H14Cl2F3N7O3. The summed E-state index contributed by atoms with van der Waals surface area (Å²) in [6.45, 7) is -1.85. The van der Waals surface area contributed by atoms with Gasteiger partial charge in [-0.05, 0) is 36.4 Å². The minimum Gasteiger partial charge on any atom is -0.357 e. The summed E-state index contributed by atoms with van der Waals surface area (Å²) >= 11 is 11.9. The van der Waals surface area contributed by atoms with Crippen molar-refractivity contribution in [3.63, 3.8) is 0 Å². The highest BCUT2D eigenvalue weighted by Crippen LogP contribution is 2.30. The van der Waals surface area contributed by atoms with Crippen LogP contribution in [0.15, 0.2) is 53.7 Å². The first-order valence-corrected chi connectivity index (χ1v) is 10.2. The highest BCUT2D eigenvalue weighted by atomic mass is 35.5. The van der Waals surface area contributed by atoms with Gasteiger partial charge >= 0.3 is 11.9 Å². The van der Waals surface area contributed by atoms with E-state index in [2.05, 4.69) is 20.2 Å². The summed E-state index contributed by atoms with van der Waals surface area (Å²) < 4.78 is 41.8. The number of aliphatic hydroxyl groups is 2. The number of alkyl halides is 3. The molecule has 178 valence electrons. The lowest BCUT2D eigenvalue weighted by atomic mass is 10.2. The molecule has 0 bridgehead atoms. The largest absolute Gasteiger partial charge is 0.444 e. The van der Waals surface area contributed by atoms with E-state index < -0.39 is 24.2 Å². The monoisotopic (exact) mass is 515 g/mol. The zero-order valence-electron chi connectivity index (χ0n) is 16.9. The molecule has 0 radical (unpaired) electrons. The Morgan fingerprint density at radius 1 is 1.00 bits per heavy atom. The minimum atomic E-state index is -5.42.